The number of amides is 2. The Bertz CT molecular complexity index is 668. The summed E-state index contributed by atoms with van der Waals surface area (Å²) >= 11 is 0. The lowest BCUT2D eigenvalue weighted by atomic mass is 9.89. The molecule has 0 bridgehead atoms. The van der Waals surface area contributed by atoms with Gasteiger partial charge in [0, 0.05) is 18.7 Å². The number of nitrogens with one attached hydrogen (secondary N) is 2. The van der Waals surface area contributed by atoms with Crippen LogP contribution in [0.5, 0.6) is 0 Å². The smallest absolute Gasteiger partial charge is 0.333 e. The van der Waals surface area contributed by atoms with Crippen molar-refractivity contribution in [1.29, 1.82) is 0 Å². The number of carbonyl (C=O) groups excluding carboxylic acids is 3. The van der Waals surface area contributed by atoms with E-state index >= 15 is 0 Å². The fourth-order valence-electron chi connectivity index (χ4n) is 3.89. The molecular formula is C26H49N3O4. The molecule has 0 aliphatic rings. The molecule has 2 amide bonds. The van der Waals surface area contributed by atoms with Crippen molar-refractivity contribution in [3.8, 4) is 0 Å². The number of likely N-dealkylation sites (N-methyl/N-ethyl adjacent to an activating group) is 1. The highest BCUT2D eigenvalue weighted by Crippen LogP contribution is 2.21. The van der Waals surface area contributed by atoms with E-state index in [-0.39, 0.29) is 41.7 Å². The summed E-state index contributed by atoms with van der Waals surface area (Å²) in [4.78, 5) is 40.8. The lowest BCUT2D eigenvalue weighted by Gasteiger charge is -2.38. The lowest BCUT2D eigenvalue weighted by molar-refractivity contribution is -0.140. The lowest BCUT2D eigenvalue weighted by Crippen LogP contribution is -2.63. The van der Waals surface area contributed by atoms with Gasteiger partial charge in [0.25, 0.3) is 0 Å². The van der Waals surface area contributed by atoms with Gasteiger partial charge in [-0.15, -0.1) is 0 Å². The maximum atomic E-state index is 13.6. The van der Waals surface area contributed by atoms with Crippen LogP contribution in [0.25, 0.3) is 0 Å². The van der Waals surface area contributed by atoms with Gasteiger partial charge >= 0.3 is 5.97 Å². The SMILES string of the molecule is CCOC(=O)/C(C)=C/C(C(C)C)N(C)C(=O)C(NC(=O)C(CC)(CC)NC(C)CC)C(C)C. The van der Waals surface area contributed by atoms with Crippen molar-refractivity contribution >= 4 is 17.8 Å². The molecule has 2 N–H and O–H groups in total. The van der Waals surface area contributed by atoms with E-state index in [1.165, 1.54) is 0 Å². The first kappa shape index (κ1) is 31.1. The Morgan fingerprint density at radius 2 is 1.52 bits per heavy atom. The molecule has 0 aliphatic carbocycles. The normalized spacial score (nSPS) is 15.2. The van der Waals surface area contributed by atoms with Gasteiger partial charge in [0.15, 0.2) is 0 Å². The minimum absolute atomic E-state index is 0.0734. The number of nitrogens with zero attached hydrogens (tertiary/aromatic N) is 1. The van der Waals surface area contributed by atoms with Gasteiger partial charge in [-0.05, 0) is 51.9 Å². The van der Waals surface area contributed by atoms with Crippen molar-refractivity contribution in [2.24, 2.45) is 11.8 Å². The van der Waals surface area contributed by atoms with E-state index in [0.29, 0.717) is 25.0 Å². The molecule has 192 valence electrons. The van der Waals surface area contributed by atoms with Gasteiger partial charge in [0.1, 0.15) is 6.04 Å². The van der Waals surface area contributed by atoms with Crippen molar-refractivity contribution in [1.82, 2.24) is 15.5 Å². The molecule has 33 heavy (non-hydrogen) atoms. The first-order chi connectivity index (χ1) is 15.3. The Kier molecular flexibility index (Phi) is 13.6. The third-order valence-electron chi connectivity index (χ3n) is 6.49. The maximum absolute atomic E-state index is 13.6. The molecule has 0 radical (unpaired) electrons. The molecule has 7 nitrogen and oxygen atoms in total. The van der Waals surface area contributed by atoms with Crippen LogP contribution in [-0.4, -0.2) is 60.0 Å². The fourth-order valence-corrected chi connectivity index (χ4v) is 3.89. The van der Waals surface area contributed by atoms with Gasteiger partial charge in [-0.25, -0.2) is 4.79 Å². The monoisotopic (exact) mass is 467 g/mol. The zero-order valence-electron chi connectivity index (χ0n) is 22.9. The van der Waals surface area contributed by atoms with Crippen LogP contribution in [0.2, 0.25) is 0 Å². The number of ether oxygens (including phenoxy) is 1. The summed E-state index contributed by atoms with van der Waals surface area (Å²) in [6.07, 6.45) is 3.95. The second kappa shape index (κ2) is 14.4. The van der Waals surface area contributed by atoms with Crippen LogP contribution in [0.4, 0.5) is 0 Å². The third-order valence-corrected chi connectivity index (χ3v) is 6.49. The largest absolute Gasteiger partial charge is 0.463 e. The third kappa shape index (κ3) is 8.76. The van der Waals surface area contributed by atoms with Crippen LogP contribution in [0.15, 0.2) is 11.6 Å². The Morgan fingerprint density at radius 1 is 0.970 bits per heavy atom. The van der Waals surface area contributed by atoms with E-state index in [9.17, 15) is 14.4 Å². The molecule has 3 unspecified atom stereocenters. The van der Waals surface area contributed by atoms with Crippen LogP contribution in [0, 0.1) is 11.8 Å². The van der Waals surface area contributed by atoms with E-state index in [4.69, 9.17) is 4.74 Å². The number of carbonyl (C=O) groups is 3. The van der Waals surface area contributed by atoms with Gasteiger partial charge < -0.3 is 20.3 Å². The summed E-state index contributed by atoms with van der Waals surface area (Å²) in [5, 5.41) is 6.54. The van der Waals surface area contributed by atoms with Crippen LogP contribution in [0.3, 0.4) is 0 Å². The average molecular weight is 468 g/mol. The van der Waals surface area contributed by atoms with Gasteiger partial charge in [0.05, 0.1) is 18.2 Å². The quantitative estimate of drug-likeness (QED) is 0.297. The second-order valence-electron chi connectivity index (χ2n) is 9.69. The average Bonchev–Trinajstić information content (AvgIpc) is 2.77. The van der Waals surface area contributed by atoms with Crippen molar-refractivity contribution in [3.05, 3.63) is 11.6 Å². The number of hydrogen-bond donors (Lipinski definition) is 2. The highest BCUT2D eigenvalue weighted by atomic mass is 16.5. The van der Waals surface area contributed by atoms with E-state index in [2.05, 4.69) is 24.5 Å². The molecule has 0 aliphatic heterocycles. The molecule has 0 heterocycles. The maximum Gasteiger partial charge on any atom is 0.333 e. The van der Waals surface area contributed by atoms with Gasteiger partial charge in [-0.1, -0.05) is 54.5 Å². The van der Waals surface area contributed by atoms with Crippen molar-refractivity contribution in [2.45, 2.75) is 112 Å². The highest BCUT2D eigenvalue weighted by Gasteiger charge is 2.39. The zero-order valence-corrected chi connectivity index (χ0v) is 22.9. The molecule has 0 aromatic carbocycles. The minimum atomic E-state index is -0.723. The van der Waals surface area contributed by atoms with Gasteiger partial charge in [-0.2, -0.15) is 0 Å². The van der Waals surface area contributed by atoms with E-state index < -0.39 is 11.6 Å². The summed E-state index contributed by atoms with van der Waals surface area (Å²) in [5.74, 6) is -0.724. The molecule has 7 heteroatoms. The van der Waals surface area contributed by atoms with Crippen LogP contribution < -0.4 is 10.6 Å². The van der Waals surface area contributed by atoms with E-state index in [1.54, 1.807) is 31.9 Å². The Hall–Kier alpha value is -1.89. The molecule has 3 atom stereocenters. The van der Waals surface area contributed by atoms with E-state index in [0.717, 1.165) is 6.42 Å². The standard InChI is InChI=1S/C26H49N3O4/c1-12-20(10)28-26(13-2,14-3)25(32)27-22(18(7)8)23(30)29(11)21(17(5)6)16-19(9)24(31)33-15-4/h16-18,20-22,28H,12-15H2,1-11H3,(H,27,32)/b19-16+. The summed E-state index contributed by atoms with van der Waals surface area (Å²) in [5.41, 5.74) is -0.256. The Morgan fingerprint density at radius 3 is 1.91 bits per heavy atom. The van der Waals surface area contributed by atoms with Crippen LogP contribution in [0.1, 0.15) is 88.5 Å². The van der Waals surface area contributed by atoms with Crippen molar-refractivity contribution < 1.29 is 19.1 Å². The number of esters is 1. The van der Waals surface area contributed by atoms with E-state index in [1.807, 2.05) is 41.5 Å². The molecule has 0 rings (SSSR count). The predicted molar refractivity (Wildman–Crippen MR) is 135 cm³/mol. The van der Waals surface area contributed by atoms with Crippen molar-refractivity contribution in [3.63, 3.8) is 0 Å². The minimum Gasteiger partial charge on any atom is -0.463 e. The first-order valence-corrected chi connectivity index (χ1v) is 12.5. The predicted octanol–water partition coefficient (Wildman–Crippen LogP) is 4.07. The molecule has 0 saturated heterocycles. The molecule has 0 aromatic heterocycles. The highest BCUT2D eigenvalue weighted by molar-refractivity contribution is 5.92. The molecule has 0 spiro atoms. The van der Waals surface area contributed by atoms with Gasteiger partial charge in [0.2, 0.25) is 11.8 Å². The first-order valence-electron chi connectivity index (χ1n) is 12.5. The zero-order chi connectivity index (χ0) is 25.9. The van der Waals surface area contributed by atoms with Crippen molar-refractivity contribution in [2.75, 3.05) is 13.7 Å². The number of hydrogen-bond acceptors (Lipinski definition) is 5. The topological polar surface area (TPSA) is 87.7 Å². The molecular weight excluding hydrogens is 418 g/mol. The van der Waals surface area contributed by atoms with Crippen LogP contribution in [-0.2, 0) is 19.1 Å². The Labute approximate surface area is 202 Å². The molecule has 0 fully saturated rings. The van der Waals surface area contributed by atoms with Crippen LogP contribution >= 0.6 is 0 Å². The summed E-state index contributed by atoms with van der Waals surface area (Å²) in [6.45, 7) is 19.8. The molecule has 0 saturated carbocycles. The second-order valence-corrected chi connectivity index (χ2v) is 9.69. The summed E-state index contributed by atoms with van der Waals surface area (Å²) < 4.78 is 5.09. The van der Waals surface area contributed by atoms with Gasteiger partial charge in [-0.3, -0.25) is 9.59 Å². The fraction of sp³-hybridized carbons (Fsp3) is 0.808. The number of rotatable bonds is 14. The summed E-state index contributed by atoms with van der Waals surface area (Å²) in [6, 6.07) is -0.788. The Balaban J connectivity index is 5.88. The molecule has 0 aromatic rings. The summed E-state index contributed by atoms with van der Waals surface area (Å²) in [7, 11) is 1.73.